The van der Waals surface area contributed by atoms with Crippen LogP contribution >= 0.6 is 24.0 Å². The molecular weight excluding hydrogens is 493 g/mol. The van der Waals surface area contributed by atoms with Crippen LogP contribution in [0.15, 0.2) is 29.3 Å². The lowest BCUT2D eigenvalue weighted by Gasteiger charge is -2.35. The summed E-state index contributed by atoms with van der Waals surface area (Å²) in [4.78, 5) is 32.9. The Kier molecular flexibility index (Phi) is 9.54. The monoisotopic (exact) mass is 527 g/mol. The van der Waals surface area contributed by atoms with Gasteiger partial charge in [-0.3, -0.25) is 19.5 Å². The number of likely N-dealkylation sites (tertiary alicyclic amines) is 1. The van der Waals surface area contributed by atoms with Crippen molar-refractivity contribution in [1.29, 1.82) is 0 Å². The van der Waals surface area contributed by atoms with Gasteiger partial charge >= 0.3 is 0 Å². The van der Waals surface area contributed by atoms with Crippen LogP contribution < -0.4 is 10.6 Å². The molecule has 166 valence electrons. The number of carbonyl (C=O) groups is 2. The first-order valence-corrected chi connectivity index (χ1v) is 10.7. The van der Waals surface area contributed by atoms with Gasteiger partial charge in [0, 0.05) is 45.3 Å². The van der Waals surface area contributed by atoms with Gasteiger partial charge in [-0.1, -0.05) is 12.1 Å². The molecule has 2 amide bonds. The summed E-state index contributed by atoms with van der Waals surface area (Å²) in [6.07, 6.45) is 3.87. The van der Waals surface area contributed by atoms with Crippen LogP contribution in [0.2, 0.25) is 0 Å². The summed E-state index contributed by atoms with van der Waals surface area (Å²) in [6.45, 7) is 7.94. The molecule has 1 aromatic rings. The second-order valence-corrected chi connectivity index (χ2v) is 8.06. The maximum atomic E-state index is 12.4. The van der Waals surface area contributed by atoms with Crippen LogP contribution in [0.4, 0.5) is 0 Å². The number of fused-ring (bicyclic) bond motifs is 1. The van der Waals surface area contributed by atoms with E-state index in [1.54, 1.807) is 31.3 Å². The Bertz CT molecular complexity index is 725. The predicted molar refractivity (Wildman–Crippen MR) is 131 cm³/mol. The van der Waals surface area contributed by atoms with E-state index >= 15 is 0 Å². The number of rotatable bonds is 7. The fourth-order valence-electron chi connectivity index (χ4n) is 3.99. The molecule has 1 saturated heterocycles. The highest BCUT2D eigenvalue weighted by molar-refractivity contribution is 14.0. The van der Waals surface area contributed by atoms with Crippen LogP contribution in [-0.4, -0.2) is 72.9 Å². The van der Waals surface area contributed by atoms with Gasteiger partial charge in [0.1, 0.15) is 0 Å². The van der Waals surface area contributed by atoms with Crippen LogP contribution in [-0.2, 0) is 0 Å². The first kappa shape index (κ1) is 24.6. The van der Waals surface area contributed by atoms with Crippen LogP contribution in [0.25, 0.3) is 0 Å². The number of piperidine rings is 1. The first-order chi connectivity index (χ1) is 14.0. The molecule has 0 aliphatic carbocycles. The smallest absolute Gasteiger partial charge is 0.261 e. The molecule has 2 heterocycles. The highest BCUT2D eigenvalue weighted by Gasteiger charge is 2.34. The highest BCUT2D eigenvalue weighted by atomic mass is 127. The third kappa shape index (κ3) is 5.94. The molecule has 7 nitrogen and oxygen atoms in total. The van der Waals surface area contributed by atoms with Crippen molar-refractivity contribution in [2.45, 2.75) is 51.6 Å². The van der Waals surface area contributed by atoms with Gasteiger partial charge < -0.3 is 15.5 Å². The fourth-order valence-corrected chi connectivity index (χ4v) is 3.99. The topological polar surface area (TPSA) is 77.0 Å². The third-order valence-corrected chi connectivity index (χ3v) is 5.80. The number of guanidine groups is 1. The lowest BCUT2D eigenvalue weighted by molar-refractivity contribution is 0.0652. The lowest BCUT2D eigenvalue weighted by atomic mass is 10.0. The van der Waals surface area contributed by atoms with Crippen LogP contribution in [0, 0.1) is 0 Å². The van der Waals surface area contributed by atoms with Gasteiger partial charge in [-0.2, -0.15) is 0 Å². The summed E-state index contributed by atoms with van der Waals surface area (Å²) in [5.41, 5.74) is 1.03. The fraction of sp³-hybridized carbons (Fsp3) is 0.591. The van der Waals surface area contributed by atoms with Gasteiger partial charge in [0.05, 0.1) is 11.1 Å². The summed E-state index contributed by atoms with van der Waals surface area (Å²) in [6, 6.07) is 8.09. The van der Waals surface area contributed by atoms with Crippen molar-refractivity contribution < 1.29 is 9.59 Å². The highest BCUT2D eigenvalue weighted by Crippen LogP contribution is 2.22. The third-order valence-electron chi connectivity index (χ3n) is 5.80. The normalized spacial score (nSPS) is 17.9. The minimum Gasteiger partial charge on any atom is -0.356 e. The molecule has 1 fully saturated rings. The number of halogens is 1. The van der Waals surface area contributed by atoms with Crippen molar-refractivity contribution in [3.05, 3.63) is 35.4 Å². The number of unbranched alkanes of at least 4 members (excludes halogenated alkanes) is 1. The predicted octanol–water partition coefficient (Wildman–Crippen LogP) is 2.72. The van der Waals surface area contributed by atoms with Gasteiger partial charge in [-0.25, -0.2) is 0 Å². The second-order valence-electron chi connectivity index (χ2n) is 8.06. The molecule has 1 aromatic carbocycles. The number of benzene rings is 1. The summed E-state index contributed by atoms with van der Waals surface area (Å²) in [5.74, 6) is 0.473. The van der Waals surface area contributed by atoms with Crippen molar-refractivity contribution >= 4 is 41.8 Å². The van der Waals surface area contributed by atoms with E-state index in [2.05, 4.69) is 34.4 Å². The van der Waals surface area contributed by atoms with E-state index in [1.165, 1.54) is 4.90 Å². The molecule has 2 aliphatic rings. The Labute approximate surface area is 196 Å². The summed E-state index contributed by atoms with van der Waals surface area (Å²) in [5, 5.41) is 6.87. The van der Waals surface area contributed by atoms with Crippen molar-refractivity contribution in [3.8, 4) is 0 Å². The Balaban J connectivity index is 0.00000320. The van der Waals surface area contributed by atoms with Crippen molar-refractivity contribution in [2.24, 2.45) is 4.99 Å². The van der Waals surface area contributed by atoms with Gasteiger partial charge in [0.25, 0.3) is 11.8 Å². The summed E-state index contributed by atoms with van der Waals surface area (Å²) in [7, 11) is 1.79. The molecular formula is C22H34IN5O2. The molecule has 0 aromatic heterocycles. The Morgan fingerprint density at radius 1 is 1.10 bits per heavy atom. The summed E-state index contributed by atoms with van der Waals surface area (Å²) >= 11 is 0. The van der Waals surface area contributed by atoms with E-state index in [0.29, 0.717) is 29.8 Å². The minimum absolute atomic E-state index is 0. The Morgan fingerprint density at radius 3 is 2.23 bits per heavy atom. The van der Waals surface area contributed by atoms with E-state index in [-0.39, 0.29) is 35.8 Å². The van der Waals surface area contributed by atoms with Crippen LogP contribution in [0.5, 0.6) is 0 Å². The van der Waals surface area contributed by atoms with Crippen molar-refractivity contribution in [2.75, 3.05) is 33.2 Å². The van der Waals surface area contributed by atoms with Gasteiger partial charge in [-0.15, -0.1) is 24.0 Å². The van der Waals surface area contributed by atoms with Crippen molar-refractivity contribution in [3.63, 3.8) is 0 Å². The number of amides is 2. The average molecular weight is 527 g/mol. The number of nitrogens with one attached hydrogen (secondary N) is 2. The molecule has 0 atom stereocenters. The number of aliphatic imine (C=N–C) groups is 1. The zero-order valence-corrected chi connectivity index (χ0v) is 20.5. The molecule has 8 heteroatoms. The number of carbonyl (C=O) groups excluding carboxylic acids is 2. The van der Waals surface area contributed by atoms with E-state index in [1.807, 2.05) is 0 Å². The molecule has 0 saturated carbocycles. The second kappa shape index (κ2) is 11.6. The van der Waals surface area contributed by atoms with Gasteiger partial charge in [0.15, 0.2) is 5.96 Å². The molecule has 0 radical (unpaired) electrons. The van der Waals surface area contributed by atoms with E-state index in [9.17, 15) is 9.59 Å². The first-order valence-electron chi connectivity index (χ1n) is 10.7. The quantitative estimate of drug-likeness (QED) is 0.188. The van der Waals surface area contributed by atoms with Gasteiger partial charge in [-0.05, 0) is 51.7 Å². The number of hydrogen-bond donors (Lipinski definition) is 2. The SMILES string of the molecule is CN=C(NCCCCN1C(=O)c2ccccc2C1=O)NC1CCN(C(C)C)CC1.I. The molecule has 0 unspecified atom stereocenters. The summed E-state index contributed by atoms with van der Waals surface area (Å²) < 4.78 is 0. The maximum Gasteiger partial charge on any atom is 0.261 e. The molecule has 2 N–H and O–H groups in total. The molecule has 3 rings (SSSR count). The van der Waals surface area contributed by atoms with Crippen molar-refractivity contribution in [1.82, 2.24) is 20.4 Å². The molecule has 0 bridgehead atoms. The minimum atomic E-state index is -0.177. The largest absolute Gasteiger partial charge is 0.356 e. The zero-order valence-electron chi connectivity index (χ0n) is 18.2. The number of hydrogen-bond acceptors (Lipinski definition) is 4. The van der Waals surface area contributed by atoms with E-state index < -0.39 is 0 Å². The van der Waals surface area contributed by atoms with E-state index in [4.69, 9.17) is 0 Å². The number of nitrogens with zero attached hydrogens (tertiary/aromatic N) is 3. The van der Waals surface area contributed by atoms with Gasteiger partial charge in [0.2, 0.25) is 0 Å². The Morgan fingerprint density at radius 2 is 1.70 bits per heavy atom. The zero-order chi connectivity index (χ0) is 20.8. The Hall–Kier alpha value is -1.68. The molecule has 30 heavy (non-hydrogen) atoms. The molecule has 0 spiro atoms. The lowest BCUT2D eigenvalue weighted by Crippen LogP contribution is -2.50. The van der Waals surface area contributed by atoms with Crippen LogP contribution in [0.1, 0.15) is 60.2 Å². The standard InChI is InChI=1S/C22H33N5O2.HI/c1-16(2)26-14-10-17(11-15-26)25-22(23-3)24-12-6-7-13-27-20(28)18-8-4-5-9-19(18)21(27)29;/h4-5,8-9,16-17H,6-7,10-15H2,1-3H3,(H2,23,24,25);1H. The average Bonchev–Trinajstić information content (AvgIpc) is 2.98. The van der Waals surface area contributed by atoms with E-state index in [0.717, 1.165) is 51.3 Å². The number of imide groups is 1. The van der Waals surface area contributed by atoms with Crippen LogP contribution in [0.3, 0.4) is 0 Å². The maximum absolute atomic E-state index is 12.4. The molecule has 2 aliphatic heterocycles.